The maximum atomic E-state index is 10.7. The van der Waals surface area contributed by atoms with Crippen LogP contribution in [0, 0.1) is 0 Å². The third kappa shape index (κ3) is 3.04. The van der Waals surface area contributed by atoms with Gasteiger partial charge in [-0.25, -0.2) is 4.98 Å². The second-order valence-corrected chi connectivity index (χ2v) is 5.44. The largest absolute Gasteiger partial charge is 0.458 e. The zero-order valence-corrected chi connectivity index (χ0v) is 10.8. The topological polar surface area (TPSA) is 59.4 Å². The summed E-state index contributed by atoms with van der Waals surface area (Å²) in [5.74, 6) is -0.307. The number of hydrogen-bond acceptors (Lipinski definition) is 5. The van der Waals surface area contributed by atoms with Gasteiger partial charge in [0, 0.05) is 12.3 Å². The first-order valence-electron chi connectivity index (χ1n) is 5.91. The van der Waals surface area contributed by atoms with Crippen LogP contribution in [0.3, 0.4) is 0 Å². The van der Waals surface area contributed by atoms with E-state index >= 15 is 0 Å². The minimum atomic E-state index is -0.761. The highest BCUT2D eigenvalue weighted by atomic mass is 32.1. The average Bonchev–Trinajstić information content (AvgIpc) is 2.76. The molecule has 0 aromatic carbocycles. The molecule has 0 atom stereocenters. The van der Waals surface area contributed by atoms with Gasteiger partial charge in [-0.1, -0.05) is 19.3 Å². The molecule has 0 unspecified atom stereocenters. The van der Waals surface area contributed by atoms with Crippen LogP contribution >= 0.6 is 11.3 Å². The van der Waals surface area contributed by atoms with Crippen molar-refractivity contribution in [2.24, 2.45) is 0 Å². The lowest BCUT2D eigenvalue weighted by atomic mass is 9.83. The van der Waals surface area contributed by atoms with E-state index in [1.165, 1.54) is 24.7 Å². The predicted octanol–water partition coefficient (Wildman–Crippen LogP) is 2.36. The predicted molar refractivity (Wildman–Crippen MR) is 64.6 cm³/mol. The van der Waals surface area contributed by atoms with Gasteiger partial charge in [-0.15, -0.1) is 11.3 Å². The van der Waals surface area contributed by atoms with Crippen molar-refractivity contribution >= 4 is 17.3 Å². The lowest BCUT2D eigenvalue weighted by Gasteiger charge is -2.30. The van der Waals surface area contributed by atoms with Crippen LogP contribution < -0.4 is 0 Å². The summed E-state index contributed by atoms with van der Waals surface area (Å²) in [7, 11) is 0. The molecule has 1 aliphatic rings. The molecule has 1 saturated carbocycles. The number of thiazole rings is 1. The zero-order valence-electron chi connectivity index (χ0n) is 9.94. The van der Waals surface area contributed by atoms with E-state index in [4.69, 9.17) is 4.74 Å². The maximum Gasteiger partial charge on any atom is 0.303 e. The summed E-state index contributed by atoms with van der Waals surface area (Å²) in [4.78, 5) is 15.1. The van der Waals surface area contributed by atoms with Crippen LogP contribution in [0.15, 0.2) is 5.38 Å². The highest BCUT2D eigenvalue weighted by Crippen LogP contribution is 2.37. The summed E-state index contributed by atoms with van der Waals surface area (Å²) in [6.07, 6.45) is 4.85. The molecule has 1 aromatic heterocycles. The molecule has 5 heteroatoms. The van der Waals surface area contributed by atoms with Crippen molar-refractivity contribution in [1.29, 1.82) is 0 Å². The van der Waals surface area contributed by atoms with Crippen molar-refractivity contribution in [2.45, 2.75) is 51.2 Å². The van der Waals surface area contributed by atoms with Crippen molar-refractivity contribution in [2.75, 3.05) is 0 Å². The Morgan fingerprint density at radius 2 is 2.24 bits per heavy atom. The first kappa shape index (κ1) is 12.5. The summed E-state index contributed by atoms with van der Waals surface area (Å²) < 4.78 is 4.89. The van der Waals surface area contributed by atoms with Gasteiger partial charge in [0.15, 0.2) is 0 Å². The van der Waals surface area contributed by atoms with E-state index in [9.17, 15) is 9.90 Å². The molecule has 0 amide bonds. The lowest BCUT2D eigenvalue weighted by molar-refractivity contribution is -0.142. The average molecular weight is 255 g/mol. The Hall–Kier alpha value is -0.940. The van der Waals surface area contributed by atoms with E-state index in [-0.39, 0.29) is 12.6 Å². The maximum absolute atomic E-state index is 10.7. The summed E-state index contributed by atoms with van der Waals surface area (Å²) in [6.45, 7) is 1.58. The molecule has 17 heavy (non-hydrogen) atoms. The Kier molecular flexibility index (Phi) is 3.79. The van der Waals surface area contributed by atoms with Gasteiger partial charge in [-0.05, 0) is 12.8 Å². The van der Waals surface area contributed by atoms with E-state index < -0.39 is 5.60 Å². The van der Waals surface area contributed by atoms with Crippen molar-refractivity contribution in [3.05, 3.63) is 16.1 Å². The van der Waals surface area contributed by atoms with E-state index in [1.807, 2.05) is 5.38 Å². The number of carbonyl (C=O) groups is 1. The smallest absolute Gasteiger partial charge is 0.303 e. The Labute approximate surface area is 105 Å². The minimum Gasteiger partial charge on any atom is -0.458 e. The summed E-state index contributed by atoms with van der Waals surface area (Å²) in [5, 5.41) is 13.1. The second-order valence-electron chi connectivity index (χ2n) is 4.50. The Morgan fingerprint density at radius 1 is 1.53 bits per heavy atom. The molecule has 1 aromatic rings. The molecule has 0 spiro atoms. The van der Waals surface area contributed by atoms with Crippen LogP contribution in [0.25, 0.3) is 0 Å². The molecule has 1 N–H and O–H groups in total. The first-order chi connectivity index (χ1) is 8.10. The first-order valence-corrected chi connectivity index (χ1v) is 6.79. The fraction of sp³-hybridized carbons (Fsp3) is 0.667. The molecule has 0 saturated heterocycles. The van der Waals surface area contributed by atoms with E-state index in [2.05, 4.69) is 4.98 Å². The molecule has 94 valence electrons. The van der Waals surface area contributed by atoms with E-state index in [1.54, 1.807) is 0 Å². The number of carbonyl (C=O) groups excluding carboxylic acids is 1. The SMILES string of the molecule is CC(=O)OCc1nc(C2(O)CCCCC2)cs1. The fourth-order valence-corrected chi connectivity index (χ4v) is 2.94. The molecule has 0 bridgehead atoms. The lowest BCUT2D eigenvalue weighted by Crippen LogP contribution is -2.28. The molecular weight excluding hydrogens is 238 g/mol. The number of aliphatic hydroxyl groups is 1. The van der Waals surface area contributed by atoms with Crippen molar-refractivity contribution in [3.63, 3.8) is 0 Å². The minimum absolute atomic E-state index is 0.204. The summed E-state index contributed by atoms with van der Waals surface area (Å²) in [5.41, 5.74) is -0.0206. The highest BCUT2D eigenvalue weighted by Gasteiger charge is 2.33. The van der Waals surface area contributed by atoms with Gasteiger partial charge < -0.3 is 9.84 Å². The number of aromatic nitrogens is 1. The molecule has 1 fully saturated rings. The highest BCUT2D eigenvalue weighted by molar-refractivity contribution is 7.09. The van der Waals surface area contributed by atoms with Gasteiger partial charge in [0.25, 0.3) is 0 Å². The molecule has 1 heterocycles. The third-order valence-electron chi connectivity index (χ3n) is 3.11. The second kappa shape index (κ2) is 5.14. The Morgan fingerprint density at radius 3 is 2.88 bits per heavy atom. The van der Waals surface area contributed by atoms with Crippen LogP contribution in [0.4, 0.5) is 0 Å². The number of esters is 1. The summed E-state index contributed by atoms with van der Waals surface area (Å²) in [6, 6.07) is 0. The number of nitrogens with zero attached hydrogens (tertiary/aromatic N) is 1. The standard InChI is InChI=1S/C12H17NO3S/c1-9(14)16-7-11-13-10(8-17-11)12(15)5-3-2-4-6-12/h8,15H,2-7H2,1H3. The van der Waals surface area contributed by atoms with Gasteiger partial charge in [0.2, 0.25) is 0 Å². The van der Waals surface area contributed by atoms with Crippen molar-refractivity contribution < 1.29 is 14.6 Å². The van der Waals surface area contributed by atoms with Crippen LogP contribution in [0.5, 0.6) is 0 Å². The van der Waals surface area contributed by atoms with Gasteiger partial charge in [-0.3, -0.25) is 4.79 Å². The number of hydrogen-bond donors (Lipinski definition) is 1. The number of ether oxygens (including phenoxy) is 1. The molecule has 1 aliphatic carbocycles. The zero-order chi connectivity index (χ0) is 12.3. The van der Waals surface area contributed by atoms with Crippen molar-refractivity contribution in [1.82, 2.24) is 4.98 Å². The number of rotatable bonds is 3. The molecule has 0 aliphatic heterocycles. The fourth-order valence-electron chi connectivity index (χ4n) is 2.15. The monoisotopic (exact) mass is 255 g/mol. The van der Waals surface area contributed by atoms with Crippen LogP contribution in [0.1, 0.15) is 49.7 Å². The van der Waals surface area contributed by atoms with Crippen LogP contribution in [-0.2, 0) is 21.7 Å². The Balaban J connectivity index is 2.03. The molecule has 4 nitrogen and oxygen atoms in total. The normalized spacial score (nSPS) is 18.9. The quantitative estimate of drug-likeness (QED) is 0.842. The Bertz CT molecular complexity index is 396. The molecule has 2 rings (SSSR count). The van der Waals surface area contributed by atoms with Gasteiger partial charge in [-0.2, -0.15) is 0 Å². The van der Waals surface area contributed by atoms with Crippen LogP contribution in [0.2, 0.25) is 0 Å². The molecule has 0 radical (unpaired) electrons. The third-order valence-corrected chi connectivity index (χ3v) is 3.93. The van der Waals surface area contributed by atoms with Crippen molar-refractivity contribution in [3.8, 4) is 0 Å². The van der Waals surface area contributed by atoms with Crippen LogP contribution in [-0.4, -0.2) is 16.1 Å². The molecular formula is C12H17NO3S. The van der Waals surface area contributed by atoms with E-state index in [0.717, 1.165) is 36.4 Å². The van der Waals surface area contributed by atoms with E-state index in [0.29, 0.717) is 0 Å². The summed E-state index contributed by atoms with van der Waals surface area (Å²) >= 11 is 1.44. The van der Waals surface area contributed by atoms with Gasteiger partial charge >= 0.3 is 5.97 Å². The van der Waals surface area contributed by atoms with Gasteiger partial charge in [0.1, 0.15) is 17.2 Å². The van der Waals surface area contributed by atoms with Gasteiger partial charge in [0.05, 0.1) is 5.69 Å².